The van der Waals surface area contributed by atoms with Crippen LogP contribution in [0.1, 0.15) is 11.1 Å². The van der Waals surface area contributed by atoms with Gasteiger partial charge in [-0.15, -0.1) is 0 Å². The van der Waals surface area contributed by atoms with Crippen LogP contribution in [0.3, 0.4) is 0 Å². The Hall–Kier alpha value is -2.44. The van der Waals surface area contributed by atoms with E-state index in [1.807, 2.05) is 18.2 Å². The first-order chi connectivity index (χ1) is 12.1. The van der Waals surface area contributed by atoms with Crippen LogP contribution in [0.4, 0.5) is 4.79 Å². The van der Waals surface area contributed by atoms with Gasteiger partial charge in [0.1, 0.15) is 6.61 Å². The number of imide groups is 1. The average molecular weight is 376 g/mol. The topological polar surface area (TPSA) is 64.6 Å². The van der Waals surface area contributed by atoms with Crippen molar-refractivity contribution < 1.29 is 19.1 Å². The molecule has 0 atom stereocenters. The fourth-order valence-corrected chi connectivity index (χ4v) is 3.11. The Balaban J connectivity index is 1.83. The lowest BCUT2D eigenvalue weighted by Crippen LogP contribution is -2.17. The van der Waals surface area contributed by atoms with Gasteiger partial charge in [-0.2, -0.15) is 0 Å². The molecule has 0 bridgehead atoms. The zero-order chi connectivity index (χ0) is 17.8. The Bertz CT molecular complexity index is 866. The fraction of sp³-hybridized carbons (Fsp3) is 0.111. The van der Waals surface area contributed by atoms with Crippen molar-refractivity contribution in [2.75, 3.05) is 7.11 Å². The number of carbonyl (C=O) groups is 2. The molecule has 1 saturated heterocycles. The first-order valence-corrected chi connectivity index (χ1v) is 8.55. The van der Waals surface area contributed by atoms with Crippen LogP contribution >= 0.6 is 23.4 Å². The minimum atomic E-state index is -0.399. The normalized spacial score (nSPS) is 15.4. The van der Waals surface area contributed by atoms with Crippen LogP contribution in [0.5, 0.6) is 11.5 Å². The number of carbonyl (C=O) groups excluding carboxylic acids is 2. The second kappa shape index (κ2) is 7.63. The highest BCUT2D eigenvalue weighted by molar-refractivity contribution is 8.18. The van der Waals surface area contributed by atoms with Crippen molar-refractivity contribution in [1.82, 2.24) is 5.32 Å². The van der Waals surface area contributed by atoms with Gasteiger partial charge in [-0.1, -0.05) is 35.9 Å². The summed E-state index contributed by atoms with van der Waals surface area (Å²) in [5, 5.41) is 2.47. The Labute approximate surface area is 154 Å². The number of hydrogen-bond donors (Lipinski definition) is 1. The monoisotopic (exact) mass is 375 g/mol. The summed E-state index contributed by atoms with van der Waals surface area (Å²) in [7, 11) is 1.55. The number of halogens is 1. The van der Waals surface area contributed by atoms with Gasteiger partial charge in [0.25, 0.3) is 11.1 Å². The summed E-state index contributed by atoms with van der Waals surface area (Å²) in [4.78, 5) is 23.2. The van der Waals surface area contributed by atoms with E-state index in [4.69, 9.17) is 21.1 Å². The van der Waals surface area contributed by atoms with Crippen LogP contribution in [0, 0.1) is 0 Å². The Morgan fingerprint density at radius 1 is 1.16 bits per heavy atom. The summed E-state index contributed by atoms with van der Waals surface area (Å²) in [6, 6.07) is 12.7. The predicted octanol–water partition coefficient (Wildman–Crippen LogP) is 4.25. The van der Waals surface area contributed by atoms with Crippen molar-refractivity contribution in [2.45, 2.75) is 6.61 Å². The number of hydrogen-bond acceptors (Lipinski definition) is 5. The van der Waals surface area contributed by atoms with Gasteiger partial charge in [0.15, 0.2) is 11.5 Å². The molecule has 2 amide bonds. The number of nitrogens with one attached hydrogen (secondary N) is 1. The zero-order valence-electron chi connectivity index (χ0n) is 13.2. The van der Waals surface area contributed by atoms with Gasteiger partial charge in [0.05, 0.1) is 12.0 Å². The average Bonchev–Trinajstić information content (AvgIpc) is 2.91. The molecule has 2 aromatic rings. The Kier molecular flexibility index (Phi) is 5.31. The number of methoxy groups -OCH3 is 1. The number of rotatable bonds is 5. The lowest BCUT2D eigenvalue weighted by molar-refractivity contribution is -0.115. The molecule has 2 aromatic carbocycles. The van der Waals surface area contributed by atoms with Crippen molar-refractivity contribution in [3.8, 4) is 11.5 Å². The highest BCUT2D eigenvalue weighted by Gasteiger charge is 2.25. The maximum Gasteiger partial charge on any atom is 0.290 e. The highest BCUT2D eigenvalue weighted by Crippen LogP contribution is 2.32. The summed E-state index contributed by atoms with van der Waals surface area (Å²) in [5.41, 5.74) is 1.58. The molecule has 1 aliphatic heterocycles. The molecule has 3 rings (SSSR count). The van der Waals surface area contributed by atoms with Crippen LogP contribution in [0.25, 0.3) is 6.08 Å². The summed E-state index contributed by atoms with van der Waals surface area (Å²) in [6.07, 6.45) is 1.63. The minimum Gasteiger partial charge on any atom is -0.493 e. The minimum absolute atomic E-state index is 0.282. The molecular weight excluding hydrogens is 362 g/mol. The molecule has 1 fully saturated rings. The van der Waals surface area contributed by atoms with Crippen LogP contribution in [0.2, 0.25) is 5.02 Å². The van der Waals surface area contributed by atoms with E-state index in [2.05, 4.69) is 5.32 Å². The summed E-state index contributed by atoms with van der Waals surface area (Å²) in [6.45, 7) is 0.282. The van der Waals surface area contributed by atoms with Crippen molar-refractivity contribution in [3.05, 3.63) is 63.5 Å². The first-order valence-electron chi connectivity index (χ1n) is 7.36. The summed E-state index contributed by atoms with van der Waals surface area (Å²) in [5.74, 6) is 0.685. The van der Waals surface area contributed by atoms with Crippen molar-refractivity contribution in [3.63, 3.8) is 0 Å². The number of amides is 2. The molecule has 0 saturated carbocycles. The molecule has 128 valence electrons. The lowest BCUT2D eigenvalue weighted by Gasteiger charge is -2.12. The molecule has 1 N–H and O–H groups in total. The van der Waals surface area contributed by atoms with Crippen LogP contribution in [0.15, 0.2) is 47.4 Å². The fourth-order valence-electron chi connectivity index (χ4n) is 2.24. The van der Waals surface area contributed by atoms with Crippen molar-refractivity contribution >= 4 is 40.6 Å². The first kappa shape index (κ1) is 17.4. The van der Waals surface area contributed by atoms with E-state index in [-0.39, 0.29) is 11.8 Å². The van der Waals surface area contributed by atoms with E-state index in [9.17, 15) is 9.59 Å². The molecular formula is C18H14ClNO4S. The molecule has 0 unspecified atom stereocenters. The molecule has 7 heteroatoms. The van der Waals surface area contributed by atoms with Gasteiger partial charge in [0.2, 0.25) is 0 Å². The number of ether oxygens (including phenoxy) is 2. The maximum absolute atomic E-state index is 11.7. The summed E-state index contributed by atoms with van der Waals surface area (Å²) >= 11 is 7.01. The SMILES string of the molecule is COc1ccc(C=C2SC(=O)NC2=O)cc1OCc1ccccc1Cl. The number of benzene rings is 2. The van der Waals surface area contributed by atoms with E-state index < -0.39 is 5.91 Å². The largest absolute Gasteiger partial charge is 0.493 e. The Morgan fingerprint density at radius 2 is 1.96 bits per heavy atom. The van der Waals surface area contributed by atoms with E-state index in [1.54, 1.807) is 37.5 Å². The van der Waals surface area contributed by atoms with E-state index in [1.165, 1.54) is 0 Å². The lowest BCUT2D eigenvalue weighted by atomic mass is 10.2. The second-order valence-electron chi connectivity index (χ2n) is 5.14. The molecule has 5 nitrogen and oxygen atoms in total. The third-order valence-electron chi connectivity index (χ3n) is 3.47. The van der Waals surface area contributed by atoms with Crippen molar-refractivity contribution in [2.24, 2.45) is 0 Å². The van der Waals surface area contributed by atoms with Gasteiger partial charge >= 0.3 is 0 Å². The third kappa shape index (κ3) is 4.15. The molecule has 25 heavy (non-hydrogen) atoms. The van der Waals surface area contributed by atoms with Crippen LogP contribution < -0.4 is 14.8 Å². The van der Waals surface area contributed by atoms with Gasteiger partial charge in [-0.25, -0.2) is 0 Å². The number of thioether (sulfide) groups is 1. The van der Waals surface area contributed by atoms with Crippen LogP contribution in [-0.2, 0) is 11.4 Å². The highest BCUT2D eigenvalue weighted by atomic mass is 35.5. The standard InChI is InChI=1S/C18H14ClNO4S/c1-23-14-7-6-11(9-16-17(21)20-18(22)25-16)8-15(14)24-10-12-4-2-3-5-13(12)19/h2-9H,10H2,1H3,(H,20,21,22). The molecule has 0 radical (unpaired) electrons. The quantitative estimate of drug-likeness (QED) is 0.791. The molecule has 0 aromatic heterocycles. The van der Waals surface area contributed by atoms with E-state index in [0.29, 0.717) is 21.4 Å². The van der Waals surface area contributed by atoms with E-state index >= 15 is 0 Å². The van der Waals surface area contributed by atoms with Gasteiger partial charge in [-0.05, 0) is 41.6 Å². The van der Waals surface area contributed by atoms with Crippen LogP contribution in [-0.4, -0.2) is 18.3 Å². The van der Waals surface area contributed by atoms with Gasteiger partial charge in [0, 0.05) is 10.6 Å². The Morgan fingerprint density at radius 3 is 2.64 bits per heavy atom. The smallest absolute Gasteiger partial charge is 0.290 e. The second-order valence-corrected chi connectivity index (χ2v) is 6.56. The van der Waals surface area contributed by atoms with E-state index in [0.717, 1.165) is 22.9 Å². The molecule has 0 aliphatic carbocycles. The van der Waals surface area contributed by atoms with Gasteiger partial charge in [-0.3, -0.25) is 14.9 Å². The summed E-state index contributed by atoms with van der Waals surface area (Å²) < 4.78 is 11.1. The third-order valence-corrected chi connectivity index (χ3v) is 4.65. The zero-order valence-corrected chi connectivity index (χ0v) is 14.8. The maximum atomic E-state index is 11.7. The predicted molar refractivity (Wildman–Crippen MR) is 97.9 cm³/mol. The molecule has 1 heterocycles. The molecule has 0 spiro atoms. The molecule has 1 aliphatic rings. The van der Waals surface area contributed by atoms with Gasteiger partial charge < -0.3 is 9.47 Å². The van der Waals surface area contributed by atoms with Crippen molar-refractivity contribution in [1.29, 1.82) is 0 Å².